The van der Waals surface area contributed by atoms with Gasteiger partial charge in [-0.25, -0.2) is 0 Å². The Balaban J connectivity index is 1.59. The van der Waals surface area contributed by atoms with Gasteiger partial charge in [-0.1, -0.05) is 18.6 Å². The average Bonchev–Trinajstić information content (AvgIpc) is 2.88. The molecule has 3 nitrogen and oxygen atoms in total. The van der Waals surface area contributed by atoms with Crippen molar-refractivity contribution in [3.05, 3.63) is 29.8 Å². The van der Waals surface area contributed by atoms with Crippen molar-refractivity contribution in [1.82, 2.24) is 10.6 Å². The summed E-state index contributed by atoms with van der Waals surface area (Å²) in [6.07, 6.45) is 6.83. The number of methoxy groups -OCH3 is 1. The molecule has 1 aromatic carbocycles. The van der Waals surface area contributed by atoms with Gasteiger partial charge in [0.25, 0.3) is 0 Å². The predicted octanol–water partition coefficient (Wildman–Crippen LogP) is 2.71. The van der Waals surface area contributed by atoms with Crippen molar-refractivity contribution < 1.29 is 4.74 Å². The topological polar surface area (TPSA) is 33.3 Å². The van der Waals surface area contributed by atoms with E-state index in [0.29, 0.717) is 11.5 Å². The smallest absolute Gasteiger partial charge is 0.118 e. The number of hydrogen-bond donors (Lipinski definition) is 2. The molecule has 2 fully saturated rings. The summed E-state index contributed by atoms with van der Waals surface area (Å²) in [6, 6.07) is 9.12. The van der Waals surface area contributed by atoms with Gasteiger partial charge in [-0.15, -0.1) is 0 Å². The maximum Gasteiger partial charge on any atom is 0.118 e. The Morgan fingerprint density at radius 3 is 2.65 bits per heavy atom. The number of rotatable bonds is 4. The molecule has 0 amide bonds. The highest BCUT2D eigenvalue weighted by Crippen LogP contribution is 2.45. The fourth-order valence-electron chi connectivity index (χ4n) is 3.96. The van der Waals surface area contributed by atoms with Crippen molar-refractivity contribution in [1.29, 1.82) is 0 Å². The van der Waals surface area contributed by atoms with Crippen LogP contribution >= 0.6 is 0 Å². The van der Waals surface area contributed by atoms with Crippen LogP contribution in [0.15, 0.2) is 24.3 Å². The molecule has 3 rings (SSSR count). The third-order valence-corrected chi connectivity index (χ3v) is 5.22. The van der Waals surface area contributed by atoms with Crippen LogP contribution in [0.2, 0.25) is 0 Å². The first-order valence-electron chi connectivity index (χ1n) is 7.89. The summed E-state index contributed by atoms with van der Waals surface area (Å²) in [5, 5.41) is 7.33. The highest BCUT2D eigenvalue weighted by molar-refractivity contribution is 5.27. The molecule has 2 aliphatic rings. The molecule has 1 unspecified atom stereocenters. The van der Waals surface area contributed by atoms with Gasteiger partial charge in [0.05, 0.1) is 7.11 Å². The van der Waals surface area contributed by atoms with Crippen LogP contribution in [0, 0.1) is 5.41 Å². The third kappa shape index (κ3) is 2.84. The minimum absolute atomic E-state index is 0.567. The van der Waals surface area contributed by atoms with E-state index in [9.17, 15) is 0 Å². The number of ether oxygens (including phenoxy) is 1. The van der Waals surface area contributed by atoms with Crippen molar-refractivity contribution in [2.24, 2.45) is 5.41 Å². The number of benzene rings is 1. The first-order valence-corrected chi connectivity index (χ1v) is 7.89. The predicted molar refractivity (Wildman–Crippen MR) is 82.0 cm³/mol. The summed E-state index contributed by atoms with van der Waals surface area (Å²) in [7, 11) is 1.71. The average molecular weight is 274 g/mol. The van der Waals surface area contributed by atoms with Crippen LogP contribution in [0.25, 0.3) is 0 Å². The van der Waals surface area contributed by atoms with Crippen LogP contribution in [0.5, 0.6) is 5.75 Å². The quantitative estimate of drug-likeness (QED) is 0.885. The van der Waals surface area contributed by atoms with Gasteiger partial charge in [0.15, 0.2) is 0 Å². The van der Waals surface area contributed by atoms with E-state index in [4.69, 9.17) is 4.74 Å². The number of nitrogens with one attached hydrogen (secondary N) is 2. The summed E-state index contributed by atoms with van der Waals surface area (Å²) in [5.41, 5.74) is 1.92. The Labute approximate surface area is 122 Å². The van der Waals surface area contributed by atoms with E-state index >= 15 is 0 Å². The van der Waals surface area contributed by atoms with Gasteiger partial charge in [-0.2, -0.15) is 0 Å². The summed E-state index contributed by atoms with van der Waals surface area (Å²) in [5.74, 6) is 0.935. The molecule has 2 N–H and O–H groups in total. The van der Waals surface area contributed by atoms with Crippen molar-refractivity contribution in [2.45, 2.75) is 44.7 Å². The van der Waals surface area contributed by atoms with Crippen molar-refractivity contribution in [3.63, 3.8) is 0 Å². The number of hydrogen-bond acceptors (Lipinski definition) is 3. The molecule has 3 heteroatoms. The van der Waals surface area contributed by atoms with Crippen molar-refractivity contribution in [3.8, 4) is 5.75 Å². The largest absolute Gasteiger partial charge is 0.497 e. The van der Waals surface area contributed by atoms with Gasteiger partial charge in [-0.05, 0) is 61.9 Å². The minimum Gasteiger partial charge on any atom is -0.497 e. The standard InChI is InChI=1S/C17H26N2O/c1-20-15-6-4-14(5-7-15)13-19-16-3-2-8-17(16)9-11-18-12-10-17/h4-7,16,18-19H,2-3,8-13H2,1H3. The Bertz CT molecular complexity index is 423. The summed E-state index contributed by atoms with van der Waals surface area (Å²) < 4.78 is 5.21. The van der Waals surface area contributed by atoms with Crippen molar-refractivity contribution in [2.75, 3.05) is 20.2 Å². The monoisotopic (exact) mass is 274 g/mol. The minimum atomic E-state index is 0.567. The third-order valence-electron chi connectivity index (χ3n) is 5.22. The highest BCUT2D eigenvalue weighted by atomic mass is 16.5. The Morgan fingerprint density at radius 2 is 1.95 bits per heavy atom. The van der Waals surface area contributed by atoms with Crippen LogP contribution in [0.1, 0.15) is 37.7 Å². The maximum atomic E-state index is 5.21. The fourth-order valence-corrected chi connectivity index (χ4v) is 3.96. The molecular formula is C17H26N2O. The van der Waals surface area contributed by atoms with Crippen molar-refractivity contribution >= 4 is 0 Å². The normalized spacial score (nSPS) is 24.9. The Hall–Kier alpha value is -1.06. The van der Waals surface area contributed by atoms with Gasteiger partial charge in [-0.3, -0.25) is 0 Å². The first-order chi connectivity index (χ1) is 9.82. The van der Waals surface area contributed by atoms with E-state index in [0.717, 1.165) is 12.3 Å². The second-order valence-corrected chi connectivity index (χ2v) is 6.29. The molecule has 1 spiro atoms. The van der Waals surface area contributed by atoms with E-state index in [1.54, 1.807) is 7.11 Å². The van der Waals surface area contributed by atoms with Crippen LogP contribution in [0.3, 0.4) is 0 Å². The zero-order valence-corrected chi connectivity index (χ0v) is 12.5. The van der Waals surface area contributed by atoms with Gasteiger partial charge in [0.1, 0.15) is 5.75 Å². The summed E-state index contributed by atoms with van der Waals surface area (Å²) >= 11 is 0. The molecule has 1 aromatic rings. The molecule has 1 aliphatic heterocycles. The fraction of sp³-hybridized carbons (Fsp3) is 0.647. The zero-order valence-electron chi connectivity index (χ0n) is 12.5. The van der Waals surface area contributed by atoms with Gasteiger partial charge < -0.3 is 15.4 Å². The molecule has 1 saturated carbocycles. The van der Waals surface area contributed by atoms with Crippen LogP contribution in [0.4, 0.5) is 0 Å². The summed E-state index contributed by atoms with van der Waals surface area (Å²) in [4.78, 5) is 0. The van der Waals surface area contributed by atoms with E-state index in [2.05, 4.69) is 22.8 Å². The molecule has 0 aromatic heterocycles. The molecule has 1 heterocycles. The lowest BCUT2D eigenvalue weighted by Gasteiger charge is -2.40. The Morgan fingerprint density at radius 1 is 1.20 bits per heavy atom. The van der Waals surface area contributed by atoms with Crippen LogP contribution < -0.4 is 15.4 Å². The SMILES string of the molecule is COc1ccc(CNC2CCCC23CCNCC3)cc1. The van der Waals surface area contributed by atoms with Crippen LogP contribution in [-0.4, -0.2) is 26.2 Å². The van der Waals surface area contributed by atoms with E-state index in [1.165, 1.54) is 50.8 Å². The molecule has 0 bridgehead atoms. The first kappa shape index (κ1) is 13.9. The second kappa shape index (κ2) is 6.15. The molecule has 1 aliphatic carbocycles. The van der Waals surface area contributed by atoms with E-state index in [-0.39, 0.29) is 0 Å². The zero-order chi connectivity index (χ0) is 13.8. The van der Waals surface area contributed by atoms with Gasteiger partial charge in [0, 0.05) is 12.6 Å². The lowest BCUT2D eigenvalue weighted by molar-refractivity contribution is 0.159. The second-order valence-electron chi connectivity index (χ2n) is 6.29. The van der Waals surface area contributed by atoms with E-state index in [1.807, 2.05) is 12.1 Å². The van der Waals surface area contributed by atoms with Gasteiger partial charge >= 0.3 is 0 Å². The van der Waals surface area contributed by atoms with Gasteiger partial charge in [0.2, 0.25) is 0 Å². The molecular weight excluding hydrogens is 248 g/mol. The lowest BCUT2D eigenvalue weighted by Crippen LogP contribution is -2.47. The number of piperidine rings is 1. The molecule has 1 saturated heterocycles. The molecule has 110 valence electrons. The summed E-state index contributed by atoms with van der Waals surface area (Å²) in [6.45, 7) is 3.37. The molecule has 0 radical (unpaired) electrons. The van der Waals surface area contributed by atoms with E-state index < -0.39 is 0 Å². The maximum absolute atomic E-state index is 5.21. The molecule has 20 heavy (non-hydrogen) atoms. The molecule has 1 atom stereocenters. The van der Waals surface area contributed by atoms with Crippen LogP contribution in [-0.2, 0) is 6.54 Å². The lowest BCUT2D eigenvalue weighted by atomic mass is 9.74. The Kier molecular flexibility index (Phi) is 4.27. The highest BCUT2D eigenvalue weighted by Gasteiger charge is 2.42.